The summed E-state index contributed by atoms with van der Waals surface area (Å²) in [6.45, 7) is 10.1. The summed E-state index contributed by atoms with van der Waals surface area (Å²) in [6.07, 6.45) is 1.84. The zero-order valence-electron chi connectivity index (χ0n) is 24.6. The average molecular weight is 571 g/mol. The first-order chi connectivity index (χ1) is 19.2. The van der Waals surface area contributed by atoms with E-state index in [0.717, 1.165) is 16.7 Å². The van der Waals surface area contributed by atoms with Crippen molar-refractivity contribution in [2.45, 2.75) is 85.5 Å². The first-order valence-electron chi connectivity index (χ1n) is 14.1. The van der Waals surface area contributed by atoms with E-state index in [2.05, 4.69) is 6.92 Å². The lowest BCUT2D eigenvalue weighted by atomic mass is 9.40. The highest BCUT2D eigenvalue weighted by molar-refractivity contribution is 5.93. The number of allylic oxidation sites excluding steroid dienone is 1. The summed E-state index contributed by atoms with van der Waals surface area (Å²) < 4.78 is 27.8. The molecule has 41 heavy (non-hydrogen) atoms. The Kier molecular flexibility index (Phi) is 6.98. The van der Waals surface area contributed by atoms with Gasteiger partial charge in [-0.3, -0.25) is 19.2 Å². The Bertz CT molecular complexity index is 1320. The molecule has 3 fully saturated rings. The van der Waals surface area contributed by atoms with Crippen molar-refractivity contribution in [3.05, 3.63) is 35.3 Å². The highest BCUT2D eigenvalue weighted by Gasteiger charge is 2.71. The predicted octanol–water partition coefficient (Wildman–Crippen LogP) is 4.27. The van der Waals surface area contributed by atoms with Crippen molar-refractivity contribution >= 4 is 29.7 Å². The molecule has 2 heterocycles. The quantitative estimate of drug-likeness (QED) is 0.287. The fourth-order valence-corrected chi connectivity index (χ4v) is 8.83. The number of Topliss-reactive ketones (excluding diaryl/α,β-unsaturated/α-hetero) is 1. The summed E-state index contributed by atoms with van der Waals surface area (Å²) in [6, 6.07) is 1.79. The number of cyclic esters (lactones) is 1. The van der Waals surface area contributed by atoms with Crippen molar-refractivity contribution in [2.24, 2.45) is 34.0 Å². The Morgan fingerprint density at radius 1 is 1.07 bits per heavy atom. The zero-order valence-corrected chi connectivity index (χ0v) is 24.6. The summed E-state index contributed by atoms with van der Waals surface area (Å²) in [4.78, 5) is 65.4. The second-order valence-electron chi connectivity index (χ2n) is 13.0. The van der Waals surface area contributed by atoms with Gasteiger partial charge in [0, 0.05) is 41.6 Å². The van der Waals surface area contributed by atoms with Crippen LogP contribution in [-0.2, 0) is 42.9 Å². The molecule has 10 nitrogen and oxygen atoms in total. The molecule has 4 aliphatic rings. The van der Waals surface area contributed by atoms with E-state index in [1.54, 1.807) is 18.6 Å². The number of ketones is 1. The van der Waals surface area contributed by atoms with Crippen molar-refractivity contribution < 1.29 is 47.3 Å². The maximum Gasteiger partial charge on any atom is 0.347 e. The second kappa shape index (κ2) is 9.84. The molecule has 0 amide bonds. The fourth-order valence-electron chi connectivity index (χ4n) is 8.83. The molecule has 1 aromatic heterocycles. The van der Waals surface area contributed by atoms with Crippen LogP contribution in [0.5, 0.6) is 0 Å². The van der Waals surface area contributed by atoms with Crippen LogP contribution in [0.25, 0.3) is 0 Å². The topological polar surface area (TPSA) is 135 Å². The maximum absolute atomic E-state index is 14.5. The number of ether oxygens (including phenoxy) is 4. The van der Waals surface area contributed by atoms with Crippen LogP contribution in [0.1, 0.15) is 78.9 Å². The third kappa shape index (κ3) is 4.24. The molecule has 0 aromatic carbocycles. The summed E-state index contributed by atoms with van der Waals surface area (Å²) in [5.41, 5.74) is -0.0634. The molecule has 2 saturated carbocycles. The van der Waals surface area contributed by atoms with Gasteiger partial charge in [-0.1, -0.05) is 33.3 Å². The zero-order chi connectivity index (χ0) is 30.1. The van der Waals surface area contributed by atoms with Gasteiger partial charge in [-0.2, -0.15) is 0 Å². The maximum atomic E-state index is 14.5. The second-order valence-corrected chi connectivity index (χ2v) is 13.0. The van der Waals surface area contributed by atoms with E-state index >= 15 is 0 Å². The van der Waals surface area contributed by atoms with Crippen LogP contribution in [0.15, 0.2) is 34.2 Å². The molecule has 1 unspecified atom stereocenters. The predicted molar refractivity (Wildman–Crippen MR) is 142 cm³/mol. The van der Waals surface area contributed by atoms with E-state index in [9.17, 15) is 24.0 Å². The fraction of sp³-hybridized carbons (Fsp3) is 0.645. The number of rotatable bonds is 5. The Labute approximate surface area is 239 Å². The van der Waals surface area contributed by atoms with Gasteiger partial charge < -0.3 is 23.4 Å². The largest absolute Gasteiger partial charge is 0.472 e. The number of furan rings is 1. The number of hydrogen-bond acceptors (Lipinski definition) is 10. The minimum atomic E-state index is -1.41. The van der Waals surface area contributed by atoms with Crippen LogP contribution < -0.4 is 0 Å². The number of fused-ring (bicyclic) bond motifs is 5. The van der Waals surface area contributed by atoms with Crippen LogP contribution in [-0.4, -0.2) is 49.0 Å². The monoisotopic (exact) mass is 570 g/mol. The molecular weight excluding hydrogens is 532 g/mol. The minimum Gasteiger partial charge on any atom is -0.472 e. The third-order valence-corrected chi connectivity index (χ3v) is 10.3. The van der Waals surface area contributed by atoms with Gasteiger partial charge in [0.1, 0.15) is 18.0 Å². The van der Waals surface area contributed by atoms with Crippen molar-refractivity contribution in [1.29, 1.82) is 0 Å². The summed E-state index contributed by atoms with van der Waals surface area (Å²) in [5, 5.41) is 0. The molecule has 222 valence electrons. The number of esters is 4. The van der Waals surface area contributed by atoms with Crippen molar-refractivity contribution in [2.75, 3.05) is 7.11 Å². The summed E-state index contributed by atoms with van der Waals surface area (Å²) in [5.74, 6) is -4.48. The van der Waals surface area contributed by atoms with Gasteiger partial charge in [-0.15, -0.1) is 0 Å². The van der Waals surface area contributed by atoms with E-state index in [0.29, 0.717) is 19.3 Å². The lowest BCUT2D eigenvalue weighted by Gasteiger charge is -2.64. The standard InChI is InChI=1S/C31H38O10/c1-15(32)39-23(28(36)37-7)24-29(3,4)27(40-16(2)33)19-12-18-20(31(24,6)25(19)35)8-10-30(5)21(18)13-22(34)41-26(30)17-9-11-38-14-17/h9,11,14,19-20,23-24,26-27H,8,10,12-13H2,1-7H3/t19?,20-,23+,24-,26-,27+,30+,31+/m0/s1. The average Bonchev–Trinajstić information content (AvgIpc) is 3.42. The molecule has 0 spiro atoms. The summed E-state index contributed by atoms with van der Waals surface area (Å²) in [7, 11) is 1.20. The molecule has 1 aliphatic heterocycles. The van der Waals surface area contributed by atoms with Gasteiger partial charge in [-0.05, 0) is 36.8 Å². The first-order valence-corrected chi connectivity index (χ1v) is 14.1. The Hall–Kier alpha value is -3.43. The Morgan fingerprint density at radius 3 is 2.37 bits per heavy atom. The molecule has 1 aromatic rings. The van der Waals surface area contributed by atoms with Gasteiger partial charge in [-0.25, -0.2) is 4.79 Å². The van der Waals surface area contributed by atoms with E-state index in [1.807, 2.05) is 20.8 Å². The molecule has 0 N–H and O–H groups in total. The van der Waals surface area contributed by atoms with Crippen LogP contribution in [0.2, 0.25) is 0 Å². The molecule has 0 radical (unpaired) electrons. The number of carbonyl (C=O) groups is 5. The van der Waals surface area contributed by atoms with E-state index in [-0.39, 0.29) is 24.1 Å². The van der Waals surface area contributed by atoms with E-state index in [1.165, 1.54) is 21.0 Å². The van der Waals surface area contributed by atoms with Gasteiger partial charge in [0.05, 0.1) is 32.0 Å². The smallest absolute Gasteiger partial charge is 0.347 e. The molecule has 5 rings (SSSR count). The van der Waals surface area contributed by atoms with Gasteiger partial charge >= 0.3 is 23.9 Å². The minimum absolute atomic E-state index is 0.0738. The number of methoxy groups -OCH3 is 1. The molecule has 8 atom stereocenters. The van der Waals surface area contributed by atoms with E-state index < -0.39 is 64.3 Å². The van der Waals surface area contributed by atoms with Crippen LogP contribution in [0.4, 0.5) is 0 Å². The van der Waals surface area contributed by atoms with Gasteiger partial charge in [0.25, 0.3) is 0 Å². The van der Waals surface area contributed by atoms with Crippen molar-refractivity contribution in [3.63, 3.8) is 0 Å². The molecular formula is C31H38O10. The normalized spacial score (nSPS) is 36.3. The first kappa shape index (κ1) is 29.1. The summed E-state index contributed by atoms with van der Waals surface area (Å²) >= 11 is 0. The molecule has 10 heteroatoms. The van der Waals surface area contributed by atoms with Crippen LogP contribution in [0.3, 0.4) is 0 Å². The molecule has 3 aliphatic carbocycles. The highest BCUT2D eigenvalue weighted by Crippen LogP contribution is 2.68. The van der Waals surface area contributed by atoms with E-state index in [4.69, 9.17) is 23.4 Å². The lowest BCUT2D eigenvalue weighted by Crippen LogP contribution is -2.69. The van der Waals surface area contributed by atoms with Crippen LogP contribution >= 0.6 is 0 Å². The van der Waals surface area contributed by atoms with Gasteiger partial charge in [0.2, 0.25) is 6.10 Å². The number of carbonyl (C=O) groups excluding carboxylic acids is 5. The van der Waals surface area contributed by atoms with Crippen molar-refractivity contribution in [3.8, 4) is 0 Å². The van der Waals surface area contributed by atoms with Gasteiger partial charge in [0.15, 0.2) is 0 Å². The lowest BCUT2D eigenvalue weighted by molar-refractivity contribution is -0.217. The third-order valence-electron chi connectivity index (χ3n) is 10.3. The SMILES string of the molecule is COC(=O)[C@H](OC(C)=O)[C@H]1C(C)(C)[C@H](OC(C)=O)C2CC3=C4CC(=O)O[C@@H](c5ccoc5)[C@]4(C)CC[C@@H]3[C@@]1(C)C2=O. The van der Waals surface area contributed by atoms with Crippen LogP contribution in [0, 0.1) is 34.0 Å². The Balaban J connectivity index is 1.74. The molecule has 2 bridgehead atoms. The highest BCUT2D eigenvalue weighted by atomic mass is 16.6. The van der Waals surface area contributed by atoms with Crippen molar-refractivity contribution in [1.82, 2.24) is 0 Å². The number of hydrogen-bond donors (Lipinski definition) is 0. The Morgan fingerprint density at radius 2 is 1.78 bits per heavy atom. The molecule has 1 saturated heterocycles.